The third kappa shape index (κ3) is 7.21. The van der Waals surface area contributed by atoms with E-state index >= 15 is 0 Å². The van der Waals surface area contributed by atoms with Crippen molar-refractivity contribution < 1.29 is 28.5 Å². The van der Waals surface area contributed by atoms with Gasteiger partial charge in [0.1, 0.15) is 5.69 Å². The van der Waals surface area contributed by atoms with Gasteiger partial charge in [0.05, 0.1) is 43.8 Å². The number of nitrogens with zero attached hydrogens (tertiary/aromatic N) is 2. The number of carbonyl (C=O) groups excluding carboxylic acids is 2. The molecule has 1 fully saturated rings. The fourth-order valence-corrected chi connectivity index (χ4v) is 4.31. The molecule has 0 unspecified atom stereocenters. The molecule has 1 aromatic heterocycles. The van der Waals surface area contributed by atoms with Gasteiger partial charge in [-0.3, -0.25) is 9.59 Å². The van der Waals surface area contributed by atoms with Crippen molar-refractivity contribution in [2.45, 2.75) is 19.1 Å². The Morgan fingerprint density at radius 2 is 1.97 bits per heavy atom. The van der Waals surface area contributed by atoms with Crippen LogP contribution in [0.25, 0.3) is 0 Å². The van der Waals surface area contributed by atoms with Crippen LogP contribution in [-0.4, -0.2) is 83.7 Å². The molecule has 1 aliphatic rings. The first-order chi connectivity index (χ1) is 16.5. The van der Waals surface area contributed by atoms with Crippen LogP contribution >= 0.6 is 11.3 Å². The molecule has 11 heteroatoms. The van der Waals surface area contributed by atoms with E-state index in [0.29, 0.717) is 49.9 Å². The number of aromatic nitrogens is 1. The molecule has 2 heterocycles. The average Bonchev–Trinajstić information content (AvgIpc) is 3.52. The Balaban J connectivity index is 1.71. The van der Waals surface area contributed by atoms with Crippen molar-refractivity contribution in [2.75, 3.05) is 71.0 Å². The number of hydrogen-bond donors (Lipinski definition) is 2. The van der Waals surface area contributed by atoms with E-state index < -0.39 is 0 Å². The predicted molar refractivity (Wildman–Crippen MR) is 130 cm³/mol. The Bertz CT molecular complexity index is 953. The molecular formula is C23H32N4O6S. The van der Waals surface area contributed by atoms with Gasteiger partial charge in [-0.1, -0.05) is 6.07 Å². The van der Waals surface area contributed by atoms with Crippen LogP contribution in [0.2, 0.25) is 0 Å². The second-order valence-corrected chi connectivity index (χ2v) is 8.57. The zero-order valence-corrected chi connectivity index (χ0v) is 20.6. The maximum atomic E-state index is 12.9. The highest BCUT2D eigenvalue weighted by atomic mass is 32.1. The number of carbonyl (C=O) groups is 2. The molecule has 0 aliphatic carbocycles. The van der Waals surface area contributed by atoms with Gasteiger partial charge in [-0.15, -0.1) is 11.3 Å². The molecule has 2 aromatic rings. The number of hydrogen-bond acceptors (Lipinski definition) is 9. The maximum Gasteiger partial charge on any atom is 0.275 e. The molecule has 1 aromatic carbocycles. The monoisotopic (exact) mass is 492 g/mol. The quantitative estimate of drug-likeness (QED) is 0.409. The summed E-state index contributed by atoms with van der Waals surface area (Å²) in [5.74, 6) is -0.687. The molecular weight excluding hydrogens is 460 g/mol. The van der Waals surface area contributed by atoms with Crippen LogP contribution in [0.1, 0.15) is 32.8 Å². The first kappa shape index (κ1) is 26.0. The zero-order chi connectivity index (χ0) is 24.3. The summed E-state index contributed by atoms with van der Waals surface area (Å²) in [6.45, 7) is 3.58. The standard InChI is InChI=1S/C23H32N4O6S/c1-30-9-7-24-21(28)18-12-16(14-33-11-10-31-2)4-5-19(18)25-22(29)20-15-34-23(26-20)27-8-6-17(13-27)32-3/h4-5,12,15,17H,6-11,13-14H2,1-3H3,(H,24,28)(H,25,29)/t17-/m0/s1. The van der Waals surface area contributed by atoms with Gasteiger partial charge in [-0.25, -0.2) is 4.98 Å². The van der Waals surface area contributed by atoms with Crippen LogP contribution < -0.4 is 15.5 Å². The summed E-state index contributed by atoms with van der Waals surface area (Å²) >= 11 is 1.42. The van der Waals surface area contributed by atoms with E-state index in [4.69, 9.17) is 18.9 Å². The van der Waals surface area contributed by atoms with Crippen LogP contribution in [0, 0.1) is 0 Å². The molecule has 0 saturated carbocycles. The largest absolute Gasteiger partial charge is 0.383 e. The number of nitrogens with one attached hydrogen (secondary N) is 2. The van der Waals surface area contributed by atoms with Crippen LogP contribution in [0.15, 0.2) is 23.6 Å². The van der Waals surface area contributed by atoms with Gasteiger partial charge < -0.3 is 34.5 Å². The lowest BCUT2D eigenvalue weighted by atomic mass is 10.1. The van der Waals surface area contributed by atoms with Crippen molar-refractivity contribution in [1.82, 2.24) is 10.3 Å². The normalized spacial score (nSPS) is 15.5. The maximum absolute atomic E-state index is 12.9. The third-order valence-corrected chi connectivity index (χ3v) is 6.24. The van der Waals surface area contributed by atoms with E-state index in [0.717, 1.165) is 30.2 Å². The molecule has 186 valence electrons. The number of ether oxygens (including phenoxy) is 4. The minimum absolute atomic E-state index is 0.178. The SMILES string of the molecule is COCCNC(=O)c1cc(COCCOC)ccc1NC(=O)c1csc(N2CC[C@H](OC)C2)n1. The van der Waals surface area contributed by atoms with E-state index in [9.17, 15) is 9.59 Å². The number of rotatable bonds is 13. The van der Waals surface area contributed by atoms with E-state index in [1.54, 1.807) is 38.8 Å². The highest BCUT2D eigenvalue weighted by Gasteiger charge is 2.25. The van der Waals surface area contributed by atoms with E-state index in [1.165, 1.54) is 11.3 Å². The Morgan fingerprint density at radius 1 is 1.15 bits per heavy atom. The minimum Gasteiger partial charge on any atom is -0.383 e. The molecule has 2 N–H and O–H groups in total. The third-order valence-electron chi connectivity index (χ3n) is 5.34. The first-order valence-electron chi connectivity index (χ1n) is 11.1. The topological polar surface area (TPSA) is 111 Å². The van der Waals surface area contributed by atoms with Crippen molar-refractivity contribution in [3.05, 3.63) is 40.4 Å². The van der Waals surface area contributed by atoms with Gasteiger partial charge >= 0.3 is 0 Å². The second kappa shape index (κ2) is 13.4. The average molecular weight is 493 g/mol. The lowest BCUT2D eigenvalue weighted by Crippen LogP contribution is -2.28. The molecule has 0 spiro atoms. The van der Waals surface area contributed by atoms with Crippen LogP contribution in [-0.2, 0) is 25.6 Å². The number of thiazole rings is 1. The molecule has 3 rings (SSSR count). The van der Waals surface area contributed by atoms with Crippen molar-refractivity contribution >= 4 is 34.0 Å². The zero-order valence-electron chi connectivity index (χ0n) is 19.8. The Kier molecular flexibility index (Phi) is 10.2. The van der Waals surface area contributed by atoms with Gasteiger partial charge in [-0.2, -0.15) is 0 Å². The fraction of sp³-hybridized carbons (Fsp3) is 0.522. The summed E-state index contributed by atoms with van der Waals surface area (Å²) < 4.78 is 21.0. The fourth-order valence-electron chi connectivity index (χ4n) is 3.47. The summed E-state index contributed by atoms with van der Waals surface area (Å²) in [5, 5.41) is 8.14. The molecule has 0 radical (unpaired) electrons. The number of anilines is 2. The lowest BCUT2D eigenvalue weighted by molar-refractivity contribution is 0.0616. The second-order valence-electron chi connectivity index (χ2n) is 7.74. The van der Waals surface area contributed by atoms with Crippen molar-refractivity contribution in [3.8, 4) is 0 Å². The van der Waals surface area contributed by atoms with Crippen LogP contribution in [0.3, 0.4) is 0 Å². The summed E-state index contributed by atoms with van der Waals surface area (Å²) in [6.07, 6.45) is 1.11. The first-order valence-corrected chi connectivity index (χ1v) is 11.9. The van der Waals surface area contributed by atoms with Gasteiger partial charge in [0, 0.05) is 46.3 Å². The van der Waals surface area contributed by atoms with Crippen LogP contribution in [0.4, 0.5) is 10.8 Å². The van der Waals surface area contributed by atoms with Crippen molar-refractivity contribution in [2.24, 2.45) is 0 Å². The van der Waals surface area contributed by atoms with E-state index in [2.05, 4.69) is 20.5 Å². The highest BCUT2D eigenvalue weighted by Crippen LogP contribution is 2.26. The van der Waals surface area contributed by atoms with Gasteiger partial charge in [0.2, 0.25) is 0 Å². The van der Waals surface area contributed by atoms with Gasteiger partial charge in [-0.05, 0) is 24.1 Å². The summed E-state index contributed by atoms with van der Waals surface area (Å²) in [7, 11) is 4.88. The smallest absolute Gasteiger partial charge is 0.275 e. The summed E-state index contributed by atoms with van der Waals surface area (Å²) in [6, 6.07) is 5.23. The molecule has 2 amide bonds. The highest BCUT2D eigenvalue weighted by molar-refractivity contribution is 7.14. The number of methoxy groups -OCH3 is 3. The van der Waals surface area contributed by atoms with E-state index in [1.807, 2.05) is 6.07 Å². The Morgan fingerprint density at radius 3 is 2.71 bits per heavy atom. The molecule has 34 heavy (non-hydrogen) atoms. The van der Waals surface area contributed by atoms with E-state index in [-0.39, 0.29) is 17.9 Å². The Labute approximate surface area is 203 Å². The molecule has 1 saturated heterocycles. The van der Waals surface area contributed by atoms with Crippen LogP contribution in [0.5, 0.6) is 0 Å². The van der Waals surface area contributed by atoms with Crippen molar-refractivity contribution in [3.63, 3.8) is 0 Å². The molecule has 0 bridgehead atoms. The number of amides is 2. The molecule has 1 atom stereocenters. The summed E-state index contributed by atoms with van der Waals surface area (Å²) in [5.41, 5.74) is 1.85. The number of benzene rings is 1. The molecule has 1 aliphatic heterocycles. The predicted octanol–water partition coefficient (Wildman–Crippen LogP) is 2.16. The van der Waals surface area contributed by atoms with Gasteiger partial charge in [0.25, 0.3) is 11.8 Å². The summed E-state index contributed by atoms with van der Waals surface area (Å²) in [4.78, 5) is 32.3. The minimum atomic E-state index is -0.375. The van der Waals surface area contributed by atoms with Crippen molar-refractivity contribution in [1.29, 1.82) is 0 Å². The molecule has 10 nitrogen and oxygen atoms in total. The van der Waals surface area contributed by atoms with Gasteiger partial charge in [0.15, 0.2) is 5.13 Å². The lowest BCUT2D eigenvalue weighted by Gasteiger charge is -2.14. The Hall–Kier alpha value is -2.57.